The smallest absolute Gasteiger partial charge is 0.410 e. The van der Waals surface area contributed by atoms with Gasteiger partial charge in [0.2, 0.25) is 0 Å². The molecule has 0 atom stereocenters. The average molecular weight is 507 g/mol. The van der Waals surface area contributed by atoms with Gasteiger partial charge in [0.15, 0.2) is 0 Å². The molecule has 200 valence electrons. The zero-order valence-corrected chi connectivity index (χ0v) is 22.9. The lowest BCUT2D eigenvalue weighted by atomic mass is 9.68. The molecular formula is C31H42N2O4. The molecule has 0 aliphatic heterocycles. The topological polar surface area (TPSA) is 76.7 Å². The van der Waals surface area contributed by atoms with Crippen LogP contribution in [0.25, 0.3) is 0 Å². The van der Waals surface area contributed by atoms with Gasteiger partial charge in [-0.15, -0.1) is 0 Å². The van der Waals surface area contributed by atoms with Crippen LogP contribution in [-0.4, -0.2) is 23.3 Å². The van der Waals surface area contributed by atoms with E-state index in [4.69, 9.17) is 9.47 Å². The Labute approximate surface area is 221 Å². The second-order valence-corrected chi connectivity index (χ2v) is 11.3. The highest BCUT2D eigenvalue weighted by Gasteiger charge is 2.45. The number of amides is 2. The summed E-state index contributed by atoms with van der Waals surface area (Å²) in [5.41, 5.74) is 3.27. The number of carbonyl (C=O) groups is 2. The zero-order chi connectivity index (χ0) is 26.5. The molecule has 0 aromatic heterocycles. The predicted octanol–water partition coefficient (Wildman–Crippen LogP) is 7.59. The number of ether oxygens (including phenoxy) is 2. The number of hydrogen-bond acceptors (Lipinski definition) is 4. The van der Waals surface area contributed by atoms with E-state index in [1.165, 1.54) is 0 Å². The summed E-state index contributed by atoms with van der Waals surface area (Å²) in [4.78, 5) is 26.4. The van der Waals surface area contributed by atoms with Crippen molar-refractivity contribution in [3.8, 4) is 11.5 Å². The van der Waals surface area contributed by atoms with Gasteiger partial charge in [0.25, 0.3) is 0 Å². The van der Waals surface area contributed by atoms with Crippen LogP contribution in [0.5, 0.6) is 11.5 Å². The Kier molecular flexibility index (Phi) is 8.46. The van der Waals surface area contributed by atoms with E-state index in [0.29, 0.717) is 17.9 Å². The van der Waals surface area contributed by atoms with E-state index in [2.05, 4.69) is 10.6 Å². The Balaban J connectivity index is 1.52. The molecule has 2 fully saturated rings. The molecule has 0 radical (unpaired) electrons. The van der Waals surface area contributed by atoms with Crippen LogP contribution in [0.15, 0.2) is 36.4 Å². The molecule has 6 heteroatoms. The number of carbonyl (C=O) groups excluding carboxylic acids is 2. The first-order chi connectivity index (χ1) is 17.7. The minimum Gasteiger partial charge on any atom is -0.410 e. The molecule has 4 rings (SSSR count). The largest absolute Gasteiger partial charge is 0.413 e. The quantitative estimate of drug-likeness (QED) is 0.423. The van der Waals surface area contributed by atoms with Crippen molar-refractivity contribution in [2.75, 3.05) is 0 Å². The normalized spacial score (nSPS) is 18.5. The summed E-state index contributed by atoms with van der Waals surface area (Å²) in [6, 6.07) is 11.5. The van der Waals surface area contributed by atoms with Crippen molar-refractivity contribution in [1.82, 2.24) is 10.6 Å². The van der Waals surface area contributed by atoms with Crippen LogP contribution in [0.3, 0.4) is 0 Å². The molecule has 0 unspecified atom stereocenters. The van der Waals surface area contributed by atoms with E-state index < -0.39 is 23.3 Å². The molecule has 2 aliphatic rings. The molecule has 37 heavy (non-hydrogen) atoms. The van der Waals surface area contributed by atoms with Crippen molar-refractivity contribution < 1.29 is 19.1 Å². The summed E-state index contributed by atoms with van der Waals surface area (Å²) in [5.74, 6) is 1.18. The van der Waals surface area contributed by atoms with Crippen LogP contribution < -0.4 is 20.1 Å². The highest BCUT2D eigenvalue weighted by molar-refractivity contribution is 5.73. The summed E-state index contributed by atoms with van der Waals surface area (Å²) < 4.78 is 11.6. The van der Waals surface area contributed by atoms with Gasteiger partial charge in [-0.1, -0.05) is 62.8 Å². The van der Waals surface area contributed by atoms with Crippen LogP contribution in [-0.2, 0) is 0 Å². The fourth-order valence-electron chi connectivity index (χ4n) is 6.15. The van der Waals surface area contributed by atoms with Crippen molar-refractivity contribution >= 4 is 12.2 Å². The molecule has 6 nitrogen and oxygen atoms in total. The van der Waals surface area contributed by atoms with Crippen LogP contribution in [0.4, 0.5) is 9.59 Å². The molecule has 0 bridgehead atoms. The van der Waals surface area contributed by atoms with Gasteiger partial charge in [-0.3, -0.25) is 0 Å². The van der Waals surface area contributed by atoms with Crippen LogP contribution in [0.2, 0.25) is 0 Å². The van der Waals surface area contributed by atoms with Crippen LogP contribution in [0.1, 0.15) is 92.9 Å². The summed E-state index contributed by atoms with van der Waals surface area (Å²) >= 11 is 0. The van der Waals surface area contributed by atoms with Gasteiger partial charge in [0.05, 0.1) is 0 Å². The number of rotatable bonds is 6. The molecule has 2 aliphatic carbocycles. The van der Waals surface area contributed by atoms with Crippen molar-refractivity contribution in [2.45, 2.75) is 109 Å². The third-order valence-corrected chi connectivity index (χ3v) is 8.55. The number of aryl methyl sites for hydroxylation is 2. The number of hydrogen-bond donors (Lipinski definition) is 2. The molecule has 2 N–H and O–H groups in total. The number of benzene rings is 2. The first-order valence-electron chi connectivity index (χ1n) is 13.8. The highest BCUT2D eigenvalue weighted by atomic mass is 16.6. The molecule has 2 amide bonds. The second kappa shape index (κ2) is 11.6. The summed E-state index contributed by atoms with van der Waals surface area (Å²) in [5, 5.41) is 6.57. The van der Waals surface area contributed by atoms with Crippen molar-refractivity contribution in [3.05, 3.63) is 58.7 Å². The standard InChI is InChI=1S/C31H42N2O4/c1-22-13-11-15-26(24(22)3)36-28(34)32-30(17-7-5-8-18-30)21-31(19-9-6-10-20-31)33-29(35)37-27-16-12-14-23(2)25(27)4/h11-16H,5-10,17-21H2,1-4H3,(H,32,34)(H,33,35). The Bertz CT molecular complexity index is 1030. The lowest BCUT2D eigenvalue weighted by molar-refractivity contribution is 0.107. The van der Waals surface area contributed by atoms with Gasteiger partial charge < -0.3 is 20.1 Å². The summed E-state index contributed by atoms with van der Waals surface area (Å²) in [6.45, 7) is 7.96. The van der Waals surface area contributed by atoms with E-state index in [1.807, 2.05) is 64.1 Å². The van der Waals surface area contributed by atoms with E-state index in [0.717, 1.165) is 86.5 Å². The fraction of sp³-hybridized carbons (Fsp3) is 0.548. The van der Waals surface area contributed by atoms with Crippen LogP contribution >= 0.6 is 0 Å². The molecular weight excluding hydrogens is 464 g/mol. The van der Waals surface area contributed by atoms with Gasteiger partial charge in [-0.25, -0.2) is 9.59 Å². The Hall–Kier alpha value is -3.02. The van der Waals surface area contributed by atoms with E-state index in [-0.39, 0.29) is 0 Å². The lowest BCUT2D eigenvalue weighted by Crippen LogP contribution is -2.60. The Morgan fingerprint density at radius 2 is 1.03 bits per heavy atom. The highest BCUT2D eigenvalue weighted by Crippen LogP contribution is 2.41. The van der Waals surface area contributed by atoms with Gasteiger partial charge in [-0.05, 0) is 94.2 Å². The van der Waals surface area contributed by atoms with Crippen LogP contribution in [0, 0.1) is 27.7 Å². The summed E-state index contributed by atoms with van der Waals surface area (Å²) in [7, 11) is 0. The minimum absolute atomic E-state index is 0.417. The van der Waals surface area contributed by atoms with Gasteiger partial charge in [0.1, 0.15) is 11.5 Å². The van der Waals surface area contributed by atoms with E-state index in [1.54, 1.807) is 0 Å². The molecule has 0 saturated heterocycles. The Morgan fingerprint density at radius 3 is 1.41 bits per heavy atom. The first-order valence-corrected chi connectivity index (χ1v) is 13.8. The maximum absolute atomic E-state index is 13.2. The SMILES string of the molecule is Cc1cccc(OC(=O)NC2(CC3(NC(=O)Oc4cccc(C)c4C)CCCCC3)CCCCC2)c1C. The van der Waals surface area contributed by atoms with Crippen molar-refractivity contribution in [2.24, 2.45) is 0 Å². The molecule has 0 heterocycles. The van der Waals surface area contributed by atoms with Crippen molar-refractivity contribution in [3.63, 3.8) is 0 Å². The fourth-order valence-corrected chi connectivity index (χ4v) is 6.15. The first kappa shape index (κ1) is 27.0. The number of nitrogens with one attached hydrogen (secondary N) is 2. The minimum atomic E-state index is -0.420. The molecule has 2 saturated carbocycles. The zero-order valence-electron chi connectivity index (χ0n) is 22.9. The predicted molar refractivity (Wildman–Crippen MR) is 146 cm³/mol. The van der Waals surface area contributed by atoms with Gasteiger partial charge in [-0.2, -0.15) is 0 Å². The summed E-state index contributed by atoms with van der Waals surface area (Å²) in [6.07, 6.45) is 9.88. The van der Waals surface area contributed by atoms with E-state index in [9.17, 15) is 9.59 Å². The molecule has 2 aromatic rings. The molecule has 0 spiro atoms. The maximum atomic E-state index is 13.2. The monoisotopic (exact) mass is 506 g/mol. The Morgan fingerprint density at radius 1 is 0.649 bits per heavy atom. The van der Waals surface area contributed by atoms with Crippen molar-refractivity contribution in [1.29, 1.82) is 0 Å². The van der Waals surface area contributed by atoms with E-state index >= 15 is 0 Å². The third-order valence-electron chi connectivity index (χ3n) is 8.55. The second-order valence-electron chi connectivity index (χ2n) is 11.3. The van der Waals surface area contributed by atoms with Gasteiger partial charge >= 0.3 is 12.2 Å². The lowest BCUT2D eigenvalue weighted by Gasteiger charge is -2.47. The average Bonchev–Trinajstić information content (AvgIpc) is 2.85. The molecule has 2 aromatic carbocycles. The third kappa shape index (κ3) is 6.65. The van der Waals surface area contributed by atoms with Gasteiger partial charge in [0, 0.05) is 11.1 Å². The maximum Gasteiger partial charge on any atom is 0.413 e.